The van der Waals surface area contributed by atoms with Crippen molar-refractivity contribution in [2.75, 3.05) is 14.7 Å². The normalized spacial score (nSPS) is 11.1. The van der Waals surface area contributed by atoms with E-state index in [-0.39, 0.29) is 0 Å². The molecule has 0 spiro atoms. The molecule has 0 saturated heterocycles. The highest BCUT2D eigenvalue weighted by Crippen LogP contribution is 2.52. The van der Waals surface area contributed by atoms with E-state index in [2.05, 4.69) is 590 Å². The third kappa shape index (κ3) is 17.9. The smallest absolute Gasteiger partial charge is 0.137 e. The van der Waals surface area contributed by atoms with Gasteiger partial charge in [-0.25, -0.2) is 0 Å². The van der Waals surface area contributed by atoms with Gasteiger partial charge in [0.2, 0.25) is 0 Å². The highest BCUT2D eigenvalue weighted by molar-refractivity contribution is 6.17. The van der Waals surface area contributed by atoms with Crippen molar-refractivity contribution in [2.45, 2.75) is 0 Å². The zero-order valence-electron chi connectivity index (χ0n) is 79.2. The number of hydrogen-bond acceptors (Lipinski definition) is 5. The second kappa shape index (κ2) is 41.3. The topological polar surface area (TPSA) is 40.9 Å². The van der Waals surface area contributed by atoms with E-state index in [1.807, 2.05) is 24.3 Å². The van der Waals surface area contributed by atoms with Crippen LogP contribution in [0.15, 0.2) is 603 Å². The van der Waals surface area contributed by atoms with Crippen molar-refractivity contribution in [3.8, 4) is 5.69 Å². The van der Waals surface area contributed by atoms with Crippen LogP contribution in [-0.2, 0) is 0 Å². The number of para-hydroxylation sites is 10. The molecule has 0 aliphatic heterocycles. The number of fused-ring (bicyclic) bond motifs is 9. The summed E-state index contributed by atoms with van der Waals surface area (Å²) in [5, 5.41) is 6.86. The third-order valence-electron chi connectivity index (χ3n) is 26.8. The van der Waals surface area contributed by atoms with Gasteiger partial charge in [-0.2, -0.15) is 0 Å². The minimum atomic E-state index is 0.866. The van der Waals surface area contributed by atoms with Crippen LogP contribution in [0.25, 0.3) is 105 Å². The molecule has 6 nitrogen and oxygen atoms in total. The molecule has 144 heavy (non-hydrogen) atoms. The van der Waals surface area contributed by atoms with E-state index in [0.29, 0.717) is 0 Å². The molecule has 0 amide bonds. The fourth-order valence-corrected chi connectivity index (χ4v) is 20.5. The molecule has 3 aromatic heterocycles. The van der Waals surface area contributed by atoms with E-state index in [9.17, 15) is 0 Å². The molecular weight excluding hydrogens is 1750 g/mol. The van der Waals surface area contributed by atoms with Gasteiger partial charge in [-0.1, -0.05) is 467 Å². The van der Waals surface area contributed by atoms with Crippen LogP contribution in [0.4, 0.5) is 51.2 Å². The van der Waals surface area contributed by atoms with Gasteiger partial charge < -0.3 is 28.1 Å². The Morgan fingerprint density at radius 3 is 0.819 bits per heavy atom. The minimum Gasteiger partial charge on any atom is -0.456 e. The Balaban J connectivity index is 0.000000120. The molecule has 682 valence electrons. The van der Waals surface area contributed by atoms with Crippen LogP contribution in [0.3, 0.4) is 0 Å². The van der Waals surface area contributed by atoms with Gasteiger partial charge in [-0.3, -0.25) is 0 Å². The highest BCUT2D eigenvalue weighted by atomic mass is 16.3. The van der Waals surface area contributed by atoms with Crippen LogP contribution >= 0.6 is 0 Å². The summed E-state index contributed by atoms with van der Waals surface area (Å²) in [5.41, 5.74) is 37.7. The van der Waals surface area contributed by atoms with E-state index in [0.717, 1.165) is 151 Å². The van der Waals surface area contributed by atoms with Gasteiger partial charge in [0.25, 0.3) is 0 Å². The van der Waals surface area contributed by atoms with Gasteiger partial charge in [0.1, 0.15) is 22.3 Å². The Bertz CT molecular complexity index is 8740. The first-order valence-electron chi connectivity index (χ1n) is 49.0. The Hall–Kier alpha value is -19.1. The average molecular weight is 1840 g/mol. The Morgan fingerprint density at radius 2 is 0.417 bits per heavy atom. The van der Waals surface area contributed by atoms with Crippen molar-refractivity contribution < 1.29 is 8.83 Å². The van der Waals surface area contributed by atoms with Crippen LogP contribution in [-0.4, -0.2) is 4.57 Å². The number of anilines is 9. The van der Waals surface area contributed by atoms with Gasteiger partial charge in [0.15, 0.2) is 0 Å². The van der Waals surface area contributed by atoms with Crippen LogP contribution in [0.5, 0.6) is 0 Å². The maximum Gasteiger partial charge on any atom is 0.137 e. The first-order chi connectivity index (χ1) is 71.6. The fourth-order valence-electron chi connectivity index (χ4n) is 20.5. The highest BCUT2D eigenvalue weighted by Gasteiger charge is 2.30. The first-order valence-corrected chi connectivity index (χ1v) is 49.0. The van der Waals surface area contributed by atoms with E-state index in [1.165, 1.54) is 72.0 Å². The molecular formula is C138H98N4O2. The summed E-state index contributed by atoms with van der Waals surface area (Å²) in [5.74, 6) is 0. The standard InChI is InChI=1S/C50H36N2.2C44H31NO/c1-6-20-37(21-7-1)49(38-22-8-2-9-23-38)50(39-24-10-3-11-25-39)45-31-17-19-33-47(45)51(40-26-12-4-13-27-40)42-34-35-44-43-30-16-18-32-46(43)52(48(44)36-42)41-28-14-5-15-29-41;1-5-18-32(19-6-1)42(33-20-7-2-8-21-33)43(34-22-9-3-10-23-34)36-26-13-15-28-38(36)45(35-24-11-4-12-25-35)39-29-17-31-41-44(39)37-27-14-16-30-40(37)46-41;1-5-17-32(18-6-1)43(33-19-7-2-8-20-33)44(34-21-9-3-10-22-34)38-26-13-15-27-40(38)45(35-23-11-4-12-24-35)36-29-30-42-39(31-36)37-25-14-16-28-41(37)46-42/h1-36H;2*1-31H. The number of nitrogens with zero attached hydrogens (tertiary/aromatic N) is 4. The lowest BCUT2D eigenvalue weighted by atomic mass is 9.85. The summed E-state index contributed by atoms with van der Waals surface area (Å²) >= 11 is 0. The molecule has 0 fully saturated rings. The lowest BCUT2D eigenvalue weighted by Crippen LogP contribution is -2.13. The summed E-state index contributed by atoms with van der Waals surface area (Å²) in [6.45, 7) is 0. The third-order valence-corrected chi connectivity index (χ3v) is 26.8. The predicted molar refractivity (Wildman–Crippen MR) is 605 cm³/mol. The molecule has 25 aromatic rings. The van der Waals surface area contributed by atoms with E-state index in [1.54, 1.807) is 0 Å². The molecule has 22 aromatic carbocycles. The monoisotopic (exact) mass is 1840 g/mol. The fraction of sp³-hybridized carbons (Fsp3) is 0. The maximum atomic E-state index is 6.38. The van der Waals surface area contributed by atoms with Crippen molar-refractivity contribution in [1.29, 1.82) is 0 Å². The second-order valence-corrected chi connectivity index (χ2v) is 35.5. The van der Waals surface area contributed by atoms with Gasteiger partial charge >= 0.3 is 0 Å². The summed E-state index contributed by atoms with van der Waals surface area (Å²) in [6, 6.07) is 211. The molecule has 0 radical (unpaired) electrons. The Morgan fingerprint density at radius 1 is 0.153 bits per heavy atom. The molecule has 0 unspecified atom stereocenters. The summed E-state index contributed by atoms with van der Waals surface area (Å²) in [6.07, 6.45) is 0. The SMILES string of the molecule is c1ccc(C(=C(c2ccccc2)c2ccccc2N(c2ccccc2)c2ccc3c4ccccc4n(-c4ccccc4)c3c2)c2ccccc2)cc1.c1ccc(C(=C(c2ccccc2)c2ccccc2N(c2ccccc2)c2ccc3oc4ccccc4c3c2)c2ccccc2)cc1.c1ccc(C(=C(c2ccccc2)c2ccccc2N(c2ccccc2)c2cccc3oc4ccccc4c23)c2ccccc2)cc1. The molecule has 0 aliphatic carbocycles. The van der Waals surface area contributed by atoms with Gasteiger partial charge in [-0.05, 0) is 211 Å². The van der Waals surface area contributed by atoms with Gasteiger partial charge in [-0.15, -0.1) is 0 Å². The lowest BCUT2D eigenvalue weighted by Gasteiger charge is -2.30. The Kier molecular flexibility index (Phi) is 25.4. The molecule has 0 saturated carbocycles. The molecule has 25 rings (SSSR count). The summed E-state index contributed by atoms with van der Waals surface area (Å²) in [7, 11) is 0. The molecule has 0 aliphatic rings. The number of benzene rings is 22. The molecule has 0 bridgehead atoms. The second-order valence-electron chi connectivity index (χ2n) is 35.5. The number of hydrogen-bond donors (Lipinski definition) is 0. The quantitative estimate of drug-likeness (QED) is 0.0633. The zero-order chi connectivity index (χ0) is 96.1. The van der Waals surface area contributed by atoms with Crippen LogP contribution in [0.1, 0.15) is 66.8 Å². The maximum absolute atomic E-state index is 6.38. The van der Waals surface area contributed by atoms with Crippen LogP contribution < -0.4 is 14.7 Å². The number of furan rings is 2. The summed E-state index contributed by atoms with van der Waals surface area (Å²) in [4.78, 5) is 7.17. The van der Waals surface area contributed by atoms with Crippen LogP contribution in [0.2, 0.25) is 0 Å². The predicted octanol–water partition coefficient (Wildman–Crippen LogP) is 37.4. The molecule has 6 heteroatoms. The van der Waals surface area contributed by atoms with E-state index in [4.69, 9.17) is 8.83 Å². The van der Waals surface area contributed by atoms with E-state index >= 15 is 0 Å². The lowest BCUT2D eigenvalue weighted by molar-refractivity contribution is 0.668. The van der Waals surface area contributed by atoms with Crippen molar-refractivity contribution in [1.82, 2.24) is 4.57 Å². The van der Waals surface area contributed by atoms with E-state index < -0.39 is 0 Å². The Labute approximate surface area is 839 Å². The van der Waals surface area contributed by atoms with Crippen molar-refractivity contribution in [2.24, 2.45) is 0 Å². The number of aromatic nitrogens is 1. The average Bonchev–Trinajstić information content (AvgIpc) is 1.64. The molecule has 0 N–H and O–H groups in total. The van der Waals surface area contributed by atoms with Crippen LogP contribution in [0, 0.1) is 0 Å². The minimum absolute atomic E-state index is 0.866. The largest absolute Gasteiger partial charge is 0.456 e. The van der Waals surface area contributed by atoms with Crippen molar-refractivity contribution >= 4 is 150 Å². The van der Waals surface area contributed by atoms with Crippen molar-refractivity contribution in [3.05, 3.63) is 661 Å². The van der Waals surface area contributed by atoms with Gasteiger partial charge in [0, 0.05) is 77.7 Å². The summed E-state index contributed by atoms with van der Waals surface area (Å²) < 4.78 is 15.0. The molecule has 3 heterocycles. The van der Waals surface area contributed by atoms with Gasteiger partial charge in [0.05, 0.1) is 39.2 Å². The molecule has 0 atom stereocenters. The number of rotatable bonds is 22. The first kappa shape index (κ1) is 88.8. The van der Waals surface area contributed by atoms with Crippen molar-refractivity contribution in [3.63, 3.8) is 0 Å². The zero-order valence-corrected chi connectivity index (χ0v) is 79.2.